The number of hydrogen-bond acceptors (Lipinski definition) is 7. The average molecular weight is 450 g/mol. The molecule has 4 rings (SSSR count). The van der Waals surface area contributed by atoms with Crippen molar-refractivity contribution in [2.45, 2.75) is 52.2 Å². The lowest BCUT2D eigenvalue weighted by molar-refractivity contribution is 0.0206. The molecular weight excluding hydrogens is 418 g/mol. The number of benzene rings is 1. The SMILES string of the molecule is COc1cc(C)ccc1-c1nnc(NC2CCCN(C(=O)OC(C)(C)C)C2)c2cnccc12. The zero-order chi connectivity index (χ0) is 23.6. The van der Waals surface area contributed by atoms with Gasteiger partial charge in [-0.15, -0.1) is 10.2 Å². The quantitative estimate of drug-likeness (QED) is 0.611. The van der Waals surface area contributed by atoms with Crippen molar-refractivity contribution in [2.75, 3.05) is 25.5 Å². The summed E-state index contributed by atoms with van der Waals surface area (Å²) >= 11 is 0. The monoisotopic (exact) mass is 449 g/mol. The van der Waals surface area contributed by atoms with Gasteiger partial charge >= 0.3 is 6.09 Å². The van der Waals surface area contributed by atoms with Crippen molar-refractivity contribution in [2.24, 2.45) is 0 Å². The van der Waals surface area contributed by atoms with Crippen LogP contribution in [0, 0.1) is 6.92 Å². The van der Waals surface area contributed by atoms with Gasteiger partial charge < -0.3 is 19.7 Å². The number of amides is 1. The molecule has 1 aromatic carbocycles. The largest absolute Gasteiger partial charge is 0.496 e. The van der Waals surface area contributed by atoms with Gasteiger partial charge in [-0.05, 0) is 64.3 Å². The third-order valence-electron chi connectivity index (χ3n) is 5.61. The predicted molar refractivity (Wildman–Crippen MR) is 129 cm³/mol. The Morgan fingerprint density at radius 1 is 1.18 bits per heavy atom. The van der Waals surface area contributed by atoms with E-state index in [1.807, 2.05) is 52.0 Å². The second-order valence-corrected chi connectivity index (χ2v) is 9.43. The molecule has 0 aliphatic carbocycles. The van der Waals surface area contributed by atoms with Crippen LogP contribution in [0.25, 0.3) is 22.0 Å². The summed E-state index contributed by atoms with van der Waals surface area (Å²) in [6.07, 6.45) is 5.08. The van der Waals surface area contributed by atoms with Crippen LogP contribution in [0.2, 0.25) is 0 Å². The van der Waals surface area contributed by atoms with Crippen LogP contribution in [0.3, 0.4) is 0 Å². The van der Waals surface area contributed by atoms with Gasteiger partial charge in [0.25, 0.3) is 0 Å². The van der Waals surface area contributed by atoms with Crippen LogP contribution in [-0.4, -0.2) is 58.0 Å². The van der Waals surface area contributed by atoms with Crippen LogP contribution >= 0.6 is 0 Å². The predicted octanol–water partition coefficient (Wildman–Crippen LogP) is 4.82. The third kappa shape index (κ3) is 5.16. The van der Waals surface area contributed by atoms with E-state index >= 15 is 0 Å². The topological polar surface area (TPSA) is 89.5 Å². The molecule has 2 aromatic heterocycles. The molecule has 0 radical (unpaired) electrons. The number of nitrogens with one attached hydrogen (secondary N) is 1. The highest BCUT2D eigenvalue weighted by atomic mass is 16.6. The van der Waals surface area contributed by atoms with E-state index < -0.39 is 5.60 Å². The van der Waals surface area contributed by atoms with Crippen LogP contribution in [0.15, 0.2) is 36.7 Å². The molecule has 3 heterocycles. The molecule has 1 atom stereocenters. The first-order valence-electron chi connectivity index (χ1n) is 11.2. The minimum absolute atomic E-state index is 0.0451. The number of piperidine rings is 1. The van der Waals surface area contributed by atoms with Crippen molar-refractivity contribution in [3.63, 3.8) is 0 Å². The van der Waals surface area contributed by atoms with E-state index in [9.17, 15) is 4.79 Å². The number of nitrogens with zero attached hydrogens (tertiary/aromatic N) is 4. The van der Waals surface area contributed by atoms with E-state index in [1.165, 1.54) is 0 Å². The fraction of sp³-hybridized carbons (Fsp3) is 0.440. The summed E-state index contributed by atoms with van der Waals surface area (Å²) in [5.41, 5.74) is 2.22. The molecule has 0 bridgehead atoms. The summed E-state index contributed by atoms with van der Waals surface area (Å²) in [5.74, 6) is 1.41. The van der Waals surface area contributed by atoms with Crippen molar-refractivity contribution in [3.8, 4) is 17.0 Å². The van der Waals surface area contributed by atoms with Crippen molar-refractivity contribution >= 4 is 22.7 Å². The normalized spacial score (nSPS) is 16.5. The maximum atomic E-state index is 12.5. The standard InChI is InChI=1S/C25H31N5O3/c1-16-8-9-19(21(13-16)32-5)22-18-10-11-26-14-20(18)23(29-28-22)27-17-7-6-12-30(15-17)24(31)33-25(2,3)4/h8-11,13-14,17H,6-7,12,15H2,1-5H3,(H,27,29). The second-order valence-electron chi connectivity index (χ2n) is 9.43. The number of anilines is 1. The fourth-order valence-electron chi connectivity index (χ4n) is 4.08. The van der Waals surface area contributed by atoms with Gasteiger partial charge in [0.15, 0.2) is 5.82 Å². The summed E-state index contributed by atoms with van der Waals surface area (Å²) in [6, 6.07) is 8.02. The molecule has 1 aliphatic rings. The number of likely N-dealkylation sites (tertiary alicyclic amines) is 1. The number of carbonyl (C=O) groups excluding carboxylic acids is 1. The Morgan fingerprint density at radius 3 is 2.76 bits per heavy atom. The Labute approximate surface area is 194 Å². The molecule has 0 spiro atoms. The molecular formula is C25H31N5O3. The summed E-state index contributed by atoms with van der Waals surface area (Å²) < 4.78 is 11.2. The van der Waals surface area contributed by atoms with Crippen LogP contribution < -0.4 is 10.1 Å². The molecule has 1 saturated heterocycles. The number of hydrogen-bond donors (Lipinski definition) is 1. The van der Waals surface area contributed by atoms with Gasteiger partial charge in [-0.2, -0.15) is 0 Å². The zero-order valence-corrected chi connectivity index (χ0v) is 19.9. The first kappa shape index (κ1) is 22.8. The minimum atomic E-state index is -0.516. The number of carbonyl (C=O) groups is 1. The van der Waals surface area contributed by atoms with Gasteiger partial charge in [0, 0.05) is 47.9 Å². The zero-order valence-electron chi connectivity index (χ0n) is 19.9. The molecule has 1 aliphatic heterocycles. The highest BCUT2D eigenvalue weighted by molar-refractivity contribution is 6.00. The van der Waals surface area contributed by atoms with Crippen LogP contribution in [0.4, 0.5) is 10.6 Å². The number of methoxy groups -OCH3 is 1. The smallest absolute Gasteiger partial charge is 0.410 e. The molecule has 0 saturated carbocycles. The maximum absolute atomic E-state index is 12.5. The summed E-state index contributed by atoms with van der Waals surface area (Å²) in [4.78, 5) is 18.6. The fourth-order valence-corrected chi connectivity index (χ4v) is 4.08. The number of aryl methyl sites for hydroxylation is 1. The number of ether oxygens (including phenoxy) is 2. The van der Waals surface area contributed by atoms with Gasteiger partial charge in [-0.25, -0.2) is 4.79 Å². The molecule has 8 nitrogen and oxygen atoms in total. The van der Waals surface area contributed by atoms with Crippen LogP contribution in [-0.2, 0) is 4.74 Å². The van der Waals surface area contributed by atoms with E-state index in [2.05, 4.69) is 20.5 Å². The Balaban J connectivity index is 1.61. The summed E-state index contributed by atoms with van der Waals surface area (Å²) in [7, 11) is 1.66. The van der Waals surface area contributed by atoms with E-state index in [1.54, 1.807) is 24.4 Å². The lowest BCUT2D eigenvalue weighted by atomic mass is 10.0. The number of pyridine rings is 1. The van der Waals surface area contributed by atoms with E-state index in [-0.39, 0.29) is 12.1 Å². The molecule has 1 fully saturated rings. The number of fused-ring (bicyclic) bond motifs is 1. The van der Waals surface area contributed by atoms with E-state index in [4.69, 9.17) is 9.47 Å². The molecule has 33 heavy (non-hydrogen) atoms. The average Bonchev–Trinajstić information content (AvgIpc) is 2.78. The van der Waals surface area contributed by atoms with Crippen molar-refractivity contribution in [1.29, 1.82) is 0 Å². The van der Waals surface area contributed by atoms with Crippen molar-refractivity contribution in [3.05, 3.63) is 42.2 Å². The molecule has 1 unspecified atom stereocenters. The minimum Gasteiger partial charge on any atom is -0.496 e. The van der Waals surface area contributed by atoms with Gasteiger partial charge in [0.2, 0.25) is 0 Å². The molecule has 8 heteroatoms. The summed E-state index contributed by atoms with van der Waals surface area (Å²) in [5, 5.41) is 14.4. The highest BCUT2D eigenvalue weighted by Crippen LogP contribution is 2.35. The first-order chi connectivity index (χ1) is 15.7. The Hall–Kier alpha value is -3.42. The summed E-state index contributed by atoms with van der Waals surface area (Å²) in [6.45, 7) is 8.90. The molecule has 174 valence electrons. The number of aromatic nitrogens is 3. The van der Waals surface area contributed by atoms with Crippen molar-refractivity contribution in [1.82, 2.24) is 20.1 Å². The van der Waals surface area contributed by atoms with Gasteiger partial charge in [-0.1, -0.05) is 6.07 Å². The third-order valence-corrected chi connectivity index (χ3v) is 5.61. The molecule has 3 aromatic rings. The van der Waals surface area contributed by atoms with Crippen LogP contribution in [0.1, 0.15) is 39.2 Å². The van der Waals surface area contributed by atoms with E-state index in [0.717, 1.165) is 46.2 Å². The van der Waals surface area contributed by atoms with Crippen LogP contribution in [0.5, 0.6) is 5.75 Å². The van der Waals surface area contributed by atoms with Crippen molar-refractivity contribution < 1.29 is 14.3 Å². The van der Waals surface area contributed by atoms with E-state index in [0.29, 0.717) is 18.9 Å². The van der Waals surface area contributed by atoms with Gasteiger partial charge in [0.1, 0.15) is 17.0 Å². The Kier molecular flexibility index (Phi) is 6.35. The van der Waals surface area contributed by atoms with Gasteiger partial charge in [0.05, 0.1) is 7.11 Å². The number of rotatable bonds is 4. The molecule has 1 N–H and O–H groups in total. The van der Waals surface area contributed by atoms with Gasteiger partial charge in [-0.3, -0.25) is 4.98 Å². The Morgan fingerprint density at radius 2 is 2.00 bits per heavy atom. The first-order valence-corrected chi connectivity index (χ1v) is 11.2. The lowest BCUT2D eigenvalue weighted by Gasteiger charge is -2.34. The highest BCUT2D eigenvalue weighted by Gasteiger charge is 2.28. The molecule has 1 amide bonds. The Bertz CT molecular complexity index is 1160. The lowest BCUT2D eigenvalue weighted by Crippen LogP contribution is -2.47. The maximum Gasteiger partial charge on any atom is 0.410 e. The second kappa shape index (κ2) is 9.21.